The highest BCUT2D eigenvalue weighted by Crippen LogP contribution is 2.21. The van der Waals surface area contributed by atoms with Gasteiger partial charge in [-0.1, -0.05) is 18.2 Å². The number of para-hydroxylation sites is 1. The summed E-state index contributed by atoms with van der Waals surface area (Å²) in [6, 6.07) is 8.63. The van der Waals surface area contributed by atoms with Crippen molar-refractivity contribution in [2.75, 3.05) is 18.0 Å². The summed E-state index contributed by atoms with van der Waals surface area (Å²) in [5.41, 5.74) is -0.112. The number of rotatable bonds is 1. The molecule has 1 aromatic rings. The van der Waals surface area contributed by atoms with E-state index >= 15 is 0 Å². The lowest BCUT2D eigenvalue weighted by molar-refractivity contribution is 0.0583. The molecule has 0 radical (unpaired) electrons. The second-order valence-corrected chi connectivity index (χ2v) is 6.48. The number of hydrogen-bond acceptors (Lipinski definition) is 3. The lowest BCUT2D eigenvalue weighted by Crippen LogP contribution is -2.49. The van der Waals surface area contributed by atoms with Gasteiger partial charge in [0.15, 0.2) is 0 Å². The van der Waals surface area contributed by atoms with Crippen LogP contribution >= 0.6 is 0 Å². The Morgan fingerprint density at radius 3 is 2.18 bits per heavy atom. The van der Waals surface area contributed by atoms with Gasteiger partial charge in [-0.3, -0.25) is 0 Å². The highest BCUT2D eigenvalue weighted by atomic mass is 16.6. The molecule has 1 heterocycles. The minimum Gasteiger partial charge on any atom is -0.443 e. The second kappa shape index (κ2) is 6.81. The second-order valence-electron chi connectivity index (χ2n) is 6.48. The topological polar surface area (TPSA) is 49.9 Å². The van der Waals surface area contributed by atoms with E-state index in [4.69, 9.17) is 4.74 Å². The number of amides is 3. The van der Waals surface area contributed by atoms with Crippen LogP contribution in [0.1, 0.15) is 40.0 Å². The first kappa shape index (κ1) is 16.3. The molecule has 0 atom stereocenters. The molecular formula is C17H24N2O3. The van der Waals surface area contributed by atoms with Crippen LogP contribution in [0.25, 0.3) is 0 Å². The van der Waals surface area contributed by atoms with Crippen molar-refractivity contribution in [3.8, 4) is 0 Å². The summed E-state index contributed by atoms with van der Waals surface area (Å²) in [6.07, 6.45) is 2.45. The van der Waals surface area contributed by atoms with Crippen LogP contribution < -0.4 is 4.90 Å². The van der Waals surface area contributed by atoms with Gasteiger partial charge in [-0.15, -0.1) is 0 Å². The molecule has 120 valence electrons. The predicted octanol–water partition coefficient (Wildman–Crippen LogP) is 4.03. The normalized spacial score (nSPS) is 15.3. The summed E-state index contributed by atoms with van der Waals surface area (Å²) >= 11 is 0. The van der Waals surface area contributed by atoms with Crippen molar-refractivity contribution in [2.45, 2.75) is 45.6 Å². The maximum atomic E-state index is 12.8. The van der Waals surface area contributed by atoms with Gasteiger partial charge in [-0.25, -0.2) is 9.59 Å². The highest BCUT2D eigenvalue weighted by Gasteiger charge is 2.32. The summed E-state index contributed by atoms with van der Waals surface area (Å²) in [5.74, 6) is 0. The minimum absolute atomic E-state index is 0.305. The van der Waals surface area contributed by atoms with Gasteiger partial charge in [-0.2, -0.15) is 4.90 Å². The fraction of sp³-hybridized carbons (Fsp3) is 0.529. The third-order valence-corrected chi connectivity index (χ3v) is 3.41. The maximum absolute atomic E-state index is 12.8. The highest BCUT2D eigenvalue weighted by molar-refractivity contribution is 6.11. The van der Waals surface area contributed by atoms with Crippen LogP contribution in [0.4, 0.5) is 15.3 Å². The zero-order chi connectivity index (χ0) is 16.2. The van der Waals surface area contributed by atoms with E-state index in [1.165, 1.54) is 0 Å². The summed E-state index contributed by atoms with van der Waals surface area (Å²) in [5, 5.41) is 0. The average molecular weight is 304 g/mol. The molecule has 0 N–H and O–H groups in total. The fourth-order valence-electron chi connectivity index (χ4n) is 2.41. The summed E-state index contributed by atoms with van der Waals surface area (Å²) in [4.78, 5) is 28.1. The number of benzene rings is 1. The monoisotopic (exact) mass is 304 g/mol. The Labute approximate surface area is 131 Å². The first-order chi connectivity index (χ1) is 10.4. The number of carbonyl (C=O) groups excluding carboxylic acids is 2. The number of piperidine rings is 1. The van der Waals surface area contributed by atoms with Crippen LogP contribution in [0.15, 0.2) is 30.3 Å². The molecule has 0 unspecified atom stereocenters. The van der Waals surface area contributed by atoms with Gasteiger partial charge in [0.2, 0.25) is 0 Å². The molecule has 3 amide bonds. The summed E-state index contributed by atoms with van der Waals surface area (Å²) in [6.45, 7) is 6.74. The van der Waals surface area contributed by atoms with E-state index in [0.29, 0.717) is 18.8 Å². The molecule has 0 spiro atoms. The van der Waals surface area contributed by atoms with Crippen molar-refractivity contribution >= 4 is 17.8 Å². The van der Waals surface area contributed by atoms with Crippen LogP contribution in [0.5, 0.6) is 0 Å². The Morgan fingerprint density at radius 1 is 1.05 bits per heavy atom. The molecule has 1 saturated heterocycles. The number of anilines is 1. The Bertz CT molecular complexity index is 516. The number of likely N-dealkylation sites (tertiary alicyclic amines) is 1. The van der Waals surface area contributed by atoms with Crippen LogP contribution in [0, 0.1) is 0 Å². The zero-order valence-corrected chi connectivity index (χ0v) is 13.5. The van der Waals surface area contributed by atoms with Gasteiger partial charge in [0.25, 0.3) is 0 Å². The first-order valence-electron chi connectivity index (χ1n) is 7.75. The Hall–Kier alpha value is -2.04. The van der Waals surface area contributed by atoms with Crippen molar-refractivity contribution in [1.29, 1.82) is 0 Å². The average Bonchev–Trinajstić information content (AvgIpc) is 2.47. The molecule has 22 heavy (non-hydrogen) atoms. The largest absolute Gasteiger partial charge is 0.443 e. The third kappa shape index (κ3) is 4.23. The predicted molar refractivity (Wildman–Crippen MR) is 86.0 cm³/mol. The number of imide groups is 1. The quantitative estimate of drug-likeness (QED) is 0.787. The van der Waals surface area contributed by atoms with E-state index in [-0.39, 0.29) is 6.03 Å². The molecular weight excluding hydrogens is 280 g/mol. The maximum Gasteiger partial charge on any atom is 0.423 e. The molecule has 1 aliphatic heterocycles. The van der Waals surface area contributed by atoms with Gasteiger partial charge in [0.05, 0.1) is 5.69 Å². The first-order valence-corrected chi connectivity index (χ1v) is 7.75. The molecule has 1 aromatic carbocycles. The van der Waals surface area contributed by atoms with Crippen LogP contribution in [0.2, 0.25) is 0 Å². The zero-order valence-electron chi connectivity index (χ0n) is 13.5. The number of urea groups is 1. The van der Waals surface area contributed by atoms with Crippen LogP contribution in [-0.4, -0.2) is 35.7 Å². The molecule has 1 aliphatic rings. The van der Waals surface area contributed by atoms with E-state index in [1.807, 2.05) is 6.07 Å². The standard InChI is InChI=1S/C17H24N2O3/c1-17(2,3)22-16(21)19(14-10-6-4-7-11-14)15(20)18-12-8-5-9-13-18/h4,6-7,10-11H,5,8-9,12-13H2,1-3H3. The summed E-state index contributed by atoms with van der Waals surface area (Å²) in [7, 11) is 0. The minimum atomic E-state index is -0.647. The van der Waals surface area contributed by atoms with Gasteiger partial charge < -0.3 is 9.64 Å². The van der Waals surface area contributed by atoms with Crippen molar-refractivity contribution in [3.05, 3.63) is 30.3 Å². The molecule has 5 heteroatoms. The lowest BCUT2D eigenvalue weighted by atomic mass is 10.1. The van der Waals surface area contributed by atoms with Gasteiger partial charge in [0.1, 0.15) is 5.60 Å². The Morgan fingerprint density at radius 2 is 1.64 bits per heavy atom. The molecule has 0 saturated carbocycles. The van der Waals surface area contributed by atoms with Crippen LogP contribution in [0.3, 0.4) is 0 Å². The molecule has 0 aromatic heterocycles. The van der Waals surface area contributed by atoms with Crippen molar-refractivity contribution in [1.82, 2.24) is 4.90 Å². The van der Waals surface area contributed by atoms with Crippen LogP contribution in [-0.2, 0) is 4.74 Å². The molecule has 0 bridgehead atoms. The van der Waals surface area contributed by atoms with E-state index in [0.717, 1.165) is 24.2 Å². The van der Waals surface area contributed by atoms with E-state index in [9.17, 15) is 9.59 Å². The molecule has 5 nitrogen and oxygen atoms in total. The fourth-order valence-corrected chi connectivity index (χ4v) is 2.41. The van der Waals surface area contributed by atoms with Gasteiger partial charge in [0, 0.05) is 13.1 Å². The van der Waals surface area contributed by atoms with E-state index < -0.39 is 11.7 Å². The third-order valence-electron chi connectivity index (χ3n) is 3.41. The Balaban J connectivity index is 2.25. The van der Waals surface area contributed by atoms with E-state index in [2.05, 4.69) is 0 Å². The van der Waals surface area contributed by atoms with E-state index in [1.54, 1.807) is 49.9 Å². The number of hydrogen-bond donors (Lipinski definition) is 0. The molecule has 1 fully saturated rings. The van der Waals surface area contributed by atoms with Crippen molar-refractivity contribution in [3.63, 3.8) is 0 Å². The van der Waals surface area contributed by atoms with Gasteiger partial charge in [-0.05, 0) is 52.2 Å². The number of carbonyl (C=O) groups is 2. The van der Waals surface area contributed by atoms with Crippen molar-refractivity contribution in [2.24, 2.45) is 0 Å². The SMILES string of the molecule is CC(C)(C)OC(=O)N(C(=O)N1CCCCC1)c1ccccc1. The molecule has 2 rings (SSSR count). The van der Waals surface area contributed by atoms with Gasteiger partial charge >= 0.3 is 12.1 Å². The Kier molecular flexibility index (Phi) is 5.06. The molecule has 0 aliphatic carbocycles. The summed E-state index contributed by atoms with van der Waals surface area (Å²) < 4.78 is 5.41. The van der Waals surface area contributed by atoms with Crippen molar-refractivity contribution < 1.29 is 14.3 Å². The number of ether oxygens (including phenoxy) is 1. The smallest absolute Gasteiger partial charge is 0.423 e. The lowest BCUT2D eigenvalue weighted by Gasteiger charge is -2.33. The number of nitrogens with zero attached hydrogens (tertiary/aromatic N) is 2.